The van der Waals surface area contributed by atoms with E-state index in [0.717, 1.165) is 0 Å². The van der Waals surface area contributed by atoms with Gasteiger partial charge in [-0.2, -0.15) is 22.0 Å². The molecule has 0 heterocycles. The fourth-order valence-corrected chi connectivity index (χ4v) is 2.02. The summed E-state index contributed by atoms with van der Waals surface area (Å²) in [5, 5.41) is 0. The standard InChI is InChI=1S/C11H13F5/c1-5-6(2)8(4)9(7(5)3)10(12,13)11(14,15)16/h7H,1-4H3. The van der Waals surface area contributed by atoms with E-state index < -0.39 is 23.6 Å². The summed E-state index contributed by atoms with van der Waals surface area (Å²) in [6.45, 7) is 5.85. The van der Waals surface area contributed by atoms with Gasteiger partial charge >= 0.3 is 12.1 Å². The lowest BCUT2D eigenvalue weighted by atomic mass is 9.92. The number of rotatable bonds is 1. The first kappa shape index (κ1) is 13.2. The monoisotopic (exact) mass is 240 g/mol. The van der Waals surface area contributed by atoms with E-state index in [1.54, 1.807) is 13.8 Å². The van der Waals surface area contributed by atoms with Crippen molar-refractivity contribution in [1.82, 2.24) is 0 Å². The summed E-state index contributed by atoms with van der Waals surface area (Å²) in [5.74, 6) is -5.59. The molecule has 0 spiro atoms. The van der Waals surface area contributed by atoms with E-state index in [1.165, 1.54) is 13.8 Å². The maximum absolute atomic E-state index is 13.3. The maximum Gasteiger partial charge on any atom is 0.457 e. The molecule has 5 heteroatoms. The Balaban J connectivity index is 3.29. The number of halogens is 5. The molecule has 0 fully saturated rings. The predicted octanol–water partition coefficient (Wildman–Crippen LogP) is 4.49. The first-order valence-electron chi connectivity index (χ1n) is 4.85. The minimum Gasteiger partial charge on any atom is -0.191 e. The average molecular weight is 240 g/mol. The molecule has 0 N–H and O–H groups in total. The molecule has 0 amide bonds. The van der Waals surface area contributed by atoms with Crippen molar-refractivity contribution in [3.05, 3.63) is 22.3 Å². The van der Waals surface area contributed by atoms with Crippen LogP contribution < -0.4 is 0 Å². The van der Waals surface area contributed by atoms with Crippen molar-refractivity contribution in [1.29, 1.82) is 0 Å². The topological polar surface area (TPSA) is 0 Å². The molecule has 1 aliphatic rings. The normalized spacial score (nSPS) is 23.4. The van der Waals surface area contributed by atoms with Crippen LogP contribution in [0.4, 0.5) is 22.0 Å². The first-order valence-corrected chi connectivity index (χ1v) is 4.85. The Hall–Kier alpha value is -0.870. The summed E-state index contributed by atoms with van der Waals surface area (Å²) in [4.78, 5) is 0. The van der Waals surface area contributed by atoms with Gasteiger partial charge in [0, 0.05) is 11.5 Å². The molecule has 16 heavy (non-hydrogen) atoms. The second-order valence-corrected chi connectivity index (χ2v) is 4.14. The van der Waals surface area contributed by atoms with Gasteiger partial charge in [0.25, 0.3) is 0 Å². The van der Waals surface area contributed by atoms with Crippen LogP contribution in [0.3, 0.4) is 0 Å². The number of hydrogen-bond donors (Lipinski definition) is 0. The van der Waals surface area contributed by atoms with Crippen molar-refractivity contribution >= 4 is 0 Å². The highest BCUT2D eigenvalue weighted by atomic mass is 19.4. The molecule has 0 aliphatic heterocycles. The Morgan fingerprint density at radius 2 is 1.31 bits per heavy atom. The van der Waals surface area contributed by atoms with Crippen molar-refractivity contribution in [2.45, 2.75) is 39.8 Å². The van der Waals surface area contributed by atoms with E-state index in [2.05, 4.69) is 0 Å². The van der Waals surface area contributed by atoms with E-state index in [9.17, 15) is 22.0 Å². The lowest BCUT2D eigenvalue weighted by Gasteiger charge is -2.25. The van der Waals surface area contributed by atoms with Gasteiger partial charge in [0.1, 0.15) is 0 Å². The molecule has 92 valence electrons. The molecule has 1 aliphatic carbocycles. The van der Waals surface area contributed by atoms with Crippen LogP contribution in [-0.2, 0) is 0 Å². The molecule has 0 saturated heterocycles. The fraction of sp³-hybridized carbons (Fsp3) is 0.636. The summed E-state index contributed by atoms with van der Waals surface area (Å²) in [5.41, 5.74) is 0.366. The minimum atomic E-state index is -5.53. The molecule has 1 atom stereocenters. The van der Waals surface area contributed by atoms with Gasteiger partial charge in [-0.3, -0.25) is 0 Å². The third kappa shape index (κ3) is 1.66. The van der Waals surface area contributed by atoms with Gasteiger partial charge in [0.05, 0.1) is 0 Å². The van der Waals surface area contributed by atoms with Gasteiger partial charge in [0.2, 0.25) is 0 Å². The first-order chi connectivity index (χ1) is 7.01. The maximum atomic E-state index is 13.3. The van der Waals surface area contributed by atoms with E-state index in [-0.39, 0.29) is 5.57 Å². The quantitative estimate of drug-likeness (QED) is 0.592. The summed E-state index contributed by atoms with van der Waals surface area (Å²) >= 11 is 0. The Labute approximate surface area is 90.8 Å². The van der Waals surface area contributed by atoms with E-state index in [1.807, 2.05) is 0 Å². The zero-order chi connectivity index (χ0) is 12.9. The highest BCUT2D eigenvalue weighted by molar-refractivity contribution is 5.49. The zero-order valence-electron chi connectivity index (χ0n) is 9.47. The lowest BCUT2D eigenvalue weighted by molar-refractivity contribution is -0.266. The largest absolute Gasteiger partial charge is 0.457 e. The molecular weight excluding hydrogens is 227 g/mol. The van der Waals surface area contributed by atoms with Gasteiger partial charge in [0.15, 0.2) is 0 Å². The lowest BCUT2D eigenvalue weighted by Crippen LogP contribution is -2.40. The van der Waals surface area contributed by atoms with Gasteiger partial charge < -0.3 is 0 Å². The van der Waals surface area contributed by atoms with Crippen LogP contribution in [0.15, 0.2) is 22.3 Å². The smallest absolute Gasteiger partial charge is 0.191 e. The third-order valence-electron chi connectivity index (χ3n) is 3.33. The molecule has 1 unspecified atom stereocenters. The van der Waals surface area contributed by atoms with Gasteiger partial charge in [-0.1, -0.05) is 12.5 Å². The van der Waals surface area contributed by atoms with Crippen molar-refractivity contribution in [3.63, 3.8) is 0 Å². The highest BCUT2D eigenvalue weighted by Crippen LogP contribution is 2.50. The average Bonchev–Trinajstić information content (AvgIpc) is 2.29. The Morgan fingerprint density at radius 3 is 1.56 bits per heavy atom. The SMILES string of the molecule is CC1=C(C)C(C)C(C(F)(F)C(F)(F)F)=C1C. The van der Waals surface area contributed by atoms with E-state index in [0.29, 0.717) is 11.1 Å². The van der Waals surface area contributed by atoms with Crippen LogP contribution in [0, 0.1) is 5.92 Å². The number of hydrogen-bond acceptors (Lipinski definition) is 0. The molecule has 1 rings (SSSR count). The van der Waals surface area contributed by atoms with Crippen LogP contribution in [0.2, 0.25) is 0 Å². The minimum absolute atomic E-state index is 0.0623. The van der Waals surface area contributed by atoms with Gasteiger partial charge in [-0.15, -0.1) is 0 Å². The molecule has 0 saturated carbocycles. The van der Waals surface area contributed by atoms with Crippen LogP contribution in [0.25, 0.3) is 0 Å². The fourth-order valence-electron chi connectivity index (χ4n) is 2.02. The zero-order valence-corrected chi connectivity index (χ0v) is 9.47. The Kier molecular flexibility index (Phi) is 2.94. The van der Waals surface area contributed by atoms with Crippen LogP contribution in [0.1, 0.15) is 27.7 Å². The van der Waals surface area contributed by atoms with Crippen molar-refractivity contribution in [2.24, 2.45) is 5.92 Å². The third-order valence-corrected chi connectivity index (χ3v) is 3.33. The van der Waals surface area contributed by atoms with Gasteiger partial charge in [-0.05, 0) is 31.9 Å². The van der Waals surface area contributed by atoms with Crippen molar-refractivity contribution < 1.29 is 22.0 Å². The molecule has 0 aromatic carbocycles. The van der Waals surface area contributed by atoms with Crippen LogP contribution in [-0.4, -0.2) is 12.1 Å². The number of alkyl halides is 5. The van der Waals surface area contributed by atoms with Crippen LogP contribution >= 0.6 is 0 Å². The van der Waals surface area contributed by atoms with E-state index in [4.69, 9.17) is 0 Å². The second kappa shape index (κ2) is 3.57. The molecule has 0 aromatic rings. The molecule has 0 bridgehead atoms. The van der Waals surface area contributed by atoms with Crippen molar-refractivity contribution in [2.75, 3.05) is 0 Å². The summed E-state index contributed by atoms with van der Waals surface area (Å²) in [6, 6.07) is 0. The summed E-state index contributed by atoms with van der Waals surface area (Å²) in [6.07, 6.45) is -5.53. The van der Waals surface area contributed by atoms with E-state index >= 15 is 0 Å². The summed E-state index contributed by atoms with van der Waals surface area (Å²) in [7, 11) is 0. The second-order valence-electron chi connectivity index (χ2n) is 4.14. The summed E-state index contributed by atoms with van der Waals surface area (Å²) < 4.78 is 63.4. The van der Waals surface area contributed by atoms with Crippen LogP contribution in [0.5, 0.6) is 0 Å². The predicted molar refractivity (Wildman–Crippen MR) is 51.2 cm³/mol. The molecule has 0 aromatic heterocycles. The molecular formula is C11H13F5. The van der Waals surface area contributed by atoms with Gasteiger partial charge in [-0.25, -0.2) is 0 Å². The molecule has 0 radical (unpaired) electrons. The molecule has 0 nitrogen and oxygen atoms in total. The Bertz CT molecular complexity index is 370. The number of allylic oxidation sites excluding steroid dienone is 4. The highest BCUT2D eigenvalue weighted by Gasteiger charge is 2.62. The van der Waals surface area contributed by atoms with Crippen molar-refractivity contribution in [3.8, 4) is 0 Å². The Morgan fingerprint density at radius 1 is 0.875 bits per heavy atom.